The number of carbonyl (C=O) groups excluding carboxylic acids is 2. The van der Waals surface area contributed by atoms with Crippen molar-refractivity contribution < 1.29 is 19.2 Å². The summed E-state index contributed by atoms with van der Waals surface area (Å²) in [5.41, 5.74) is 1.39. The van der Waals surface area contributed by atoms with Crippen LogP contribution in [-0.2, 0) is 4.84 Å². The summed E-state index contributed by atoms with van der Waals surface area (Å²) in [6.07, 6.45) is 0. The number of hydrogen-bond acceptors (Lipinski definition) is 4. The molecule has 0 fully saturated rings. The van der Waals surface area contributed by atoms with Gasteiger partial charge in [0.1, 0.15) is 12.4 Å². The Morgan fingerprint density at radius 1 is 0.957 bits per heavy atom. The number of hydrogen-bond donors (Lipinski definition) is 0. The van der Waals surface area contributed by atoms with E-state index in [1.807, 2.05) is 18.2 Å². The Bertz CT molecular complexity index is 797. The molecule has 0 unspecified atom stereocenters. The third-order valence-electron chi connectivity index (χ3n) is 3.35. The zero-order valence-corrected chi connectivity index (χ0v) is 12.4. The molecular weight excluding hydrogens is 294 g/mol. The van der Waals surface area contributed by atoms with E-state index in [2.05, 4.69) is 11.8 Å². The van der Waals surface area contributed by atoms with Crippen LogP contribution in [0.5, 0.6) is 5.75 Å². The van der Waals surface area contributed by atoms with Gasteiger partial charge >= 0.3 is 0 Å². The fraction of sp³-hybridized carbons (Fsp3) is 0.111. The molecule has 5 nitrogen and oxygen atoms in total. The van der Waals surface area contributed by atoms with Crippen molar-refractivity contribution in [3.8, 4) is 17.6 Å². The lowest BCUT2D eigenvalue weighted by molar-refractivity contribution is -0.0782. The smallest absolute Gasteiger partial charge is 0.285 e. The van der Waals surface area contributed by atoms with Crippen molar-refractivity contribution in [2.45, 2.75) is 0 Å². The normalized spacial score (nSPS) is 12.7. The summed E-state index contributed by atoms with van der Waals surface area (Å²) in [4.78, 5) is 29.4. The minimum absolute atomic E-state index is 0.0798. The molecule has 0 spiro atoms. The van der Waals surface area contributed by atoms with Crippen LogP contribution >= 0.6 is 0 Å². The summed E-state index contributed by atoms with van der Waals surface area (Å²) in [6.45, 7) is -0.0798. The molecule has 0 aromatic heterocycles. The van der Waals surface area contributed by atoms with Gasteiger partial charge in [-0.2, -0.15) is 0 Å². The molecule has 1 aliphatic rings. The van der Waals surface area contributed by atoms with Crippen molar-refractivity contribution in [3.05, 3.63) is 65.2 Å². The summed E-state index contributed by atoms with van der Waals surface area (Å²) in [5, 5.41) is 0.752. The maximum Gasteiger partial charge on any atom is 0.285 e. The van der Waals surface area contributed by atoms with Crippen molar-refractivity contribution in [2.24, 2.45) is 0 Å². The lowest BCUT2D eigenvalue weighted by Crippen LogP contribution is -2.30. The molecule has 0 N–H and O–H groups in total. The van der Waals surface area contributed by atoms with Crippen molar-refractivity contribution in [2.75, 3.05) is 13.7 Å². The van der Waals surface area contributed by atoms with Gasteiger partial charge in [0.25, 0.3) is 11.8 Å². The number of carbonyl (C=O) groups is 2. The van der Waals surface area contributed by atoms with Gasteiger partial charge in [0.15, 0.2) is 0 Å². The van der Waals surface area contributed by atoms with Gasteiger partial charge in [0.05, 0.1) is 23.8 Å². The van der Waals surface area contributed by atoms with Crippen LogP contribution in [-0.4, -0.2) is 30.6 Å². The van der Waals surface area contributed by atoms with E-state index in [0.29, 0.717) is 22.4 Å². The maximum absolute atomic E-state index is 12.1. The number of amides is 2. The van der Waals surface area contributed by atoms with E-state index in [9.17, 15) is 9.59 Å². The van der Waals surface area contributed by atoms with E-state index in [1.165, 1.54) is 0 Å². The van der Waals surface area contributed by atoms with Gasteiger partial charge < -0.3 is 4.74 Å². The van der Waals surface area contributed by atoms with Crippen molar-refractivity contribution in [3.63, 3.8) is 0 Å². The quantitative estimate of drug-likeness (QED) is 0.645. The van der Waals surface area contributed by atoms with Crippen LogP contribution in [0.25, 0.3) is 0 Å². The van der Waals surface area contributed by atoms with Crippen LogP contribution in [0, 0.1) is 11.8 Å². The fourth-order valence-electron chi connectivity index (χ4n) is 2.26. The van der Waals surface area contributed by atoms with Crippen molar-refractivity contribution in [1.82, 2.24) is 5.06 Å². The average molecular weight is 307 g/mol. The zero-order chi connectivity index (χ0) is 16.2. The second-order valence-electron chi connectivity index (χ2n) is 4.73. The Kier molecular flexibility index (Phi) is 4.09. The molecule has 0 radical (unpaired) electrons. The lowest BCUT2D eigenvalue weighted by Gasteiger charge is -2.10. The van der Waals surface area contributed by atoms with Gasteiger partial charge in [-0.25, -0.2) is 4.84 Å². The average Bonchev–Trinajstić information content (AvgIpc) is 2.84. The molecule has 1 heterocycles. The van der Waals surface area contributed by atoms with Gasteiger partial charge in [0, 0.05) is 0 Å². The predicted octanol–water partition coefficient (Wildman–Crippen LogP) is 2.27. The van der Waals surface area contributed by atoms with Gasteiger partial charge in [0.2, 0.25) is 0 Å². The monoisotopic (exact) mass is 307 g/mol. The topological polar surface area (TPSA) is 55.8 Å². The van der Waals surface area contributed by atoms with Gasteiger partial charge in [-0.05, 0) is 24.3 Å². The highest BCUT2D eigenvalue weighted by atomic mass is 16.7. The number of benzene rings is 2. The minimum atomic E-state index is -0.468. The molecule has 0 atom stereocenters. The molecule has 2 aromatic rings. The molecule has 1 aliphatic heterocycles. The third kappa shape index (κ3) is 2.80. The molecule has 0 saturated heterocycles. The summed E-state index contributed by atoms with van der Waals surface area (Å²) >= 11 is 0. The van der Waals surface area contributed by atoms with E-state index in [4.69, 9.17) is 9.57 Å². The number of nitrogens with zero attached hydrogens (tertiary/aromatic N) is 1. The highest BCUT2D eigenvalue weighted by Crippen LogP contribution is 2.22. The molecular formula is C18H13NO4. The zero-order valence-electron chi connectivity index (χ0n) is 12.4. The Balaban J connectivity index is 1.68. The van der Waals surface area contributed by atoms with E-state index in [0.717, 1.165) is 5.06 Å². The van der Waals surface area contributed by atoms with Crippen molar-refractivity contribution >= 4 is 11.8 Å². The van der Waals surface area contributed by atoms with Crippen LogP contribution < -0.4 is 4.74 Å². The molecule has 2 aromatic carbocycles. The Morgan fingerprint density at radius 3 is 2.22 bits per heavy atom. The Morgan fingerprint density at radius 2 is 1.57 bits per heavy atom. The highest BCUT2D eigenvalue weighted by molar-refractivity contribution is 6.20. The number of ether oxygens (including phenoxy) is 1. The Labute approximate surface area is 133 Å². The largest absolute Gasteiger partial charge is 0.495 e. The third-order valence-corrected chi connectivity index (χ3v) is 3.35. The highest BCUT2D eigenvalue weighted by Gasteiger charge is 2.36. The number of methoxy groups -OCH3 is 1. The maximum atomic E-state index is 12.1. The molecule has 3 rings (SSSR count). The second kappa shape index (κ2) is 6.34. The van der Waals surface area contributed by atoms with E-state index in [1.54, 1.807) is 37.4 Å². The summed E-state index contributed by atoms with van der Waals surface area (Å²) in [7, 11) is 1.57. The first-order chi connectivity index (χ1) is 11.2. The molecule has 0 saturated carbocycles. The standard InChI is InChI=1S/C18H13NO4/c1-22-16-11-5-2-7-13(16)8-6-12-23-19-17(20)14-9-3-4-10-15(14)18(19)21/h2-5,7,9-11H,12H2,1H3. The van der Waals surface area contributed by atoms with Crippen LogP contribution in [0.3, 0.4) is 0 Å². The number of rotatable bonds is 3. The van der Waals surface area contributed by atoms with E-state index < -0.39 is 11.8 Å². The van der Waals surface area contributed by atoms with E-state index >= 15 is 0 Å². The summed E-state index contributed by atoms with van der Waals surface area (Å²) in [5.74, 6) is 5.38. The number of fused-ring (bicyclic) bond motifs is 1. The van der Waals surface area contributed by atoms with Gasteiger partial charge in [-0.3, -0.25) is 9.59 Å². The number of para-hydroxylation sites is 1. The first-order valence-corrected chi connectivity index (χ1v) is 6.95. The first-order valence-electron chi connectivity index (χ1n) is 6.95. The minimum Gasteiger partial charge on any atom is -0.495 e. The second-order valence-corrected chi connectivity index (χ2v) is 4.73. The summed E-state index contributed by atoms with van der Waals surface area (Å²) < 4.78 is 5.19. The van der Waals surface area contributed by atoms with Crippen LogP contribution in [0.1, 0.15) is 26.3 Å². The lowest BCUT2D eigenvalue weighted by atomic mass is 10.1. The molecule has 114 valence electrons. The molecule has 0 bridgehead atoms. The molecule has 23 heavy (non-hydrogen) atoms. The molecule has 0 aliphatic carbocycles. The van der Waals surface area contributed by atoms with Gasteiger partial charge in [-0.1, -0.05) is 36.1 Å². The van der Waals surface area contributed by atoms with Crippen LogP contribution in [0.15, 0.2) is 48.5 Å². The Hall–Kier alpha value is -3.10. The number of imide groups is 1. The van der Waals surface area contributed by atoms with E-state index in [-0.39, 0.29) is 6.61 Å². The van der Waals surface area contributed by atoms with Crippen molar-refractivity contribution in [1.29, 1.82) is 0 Å². The predicted molar refractivity (Wildman–Crippen MR) is 82.8 cm³/mol. The van der Waals surface area contributed by atoms with Crippen LogP contribution in [0.4, 0.5) is 0 Å². The molecule has 2 amide bonds. The van der Waals surface area contributed by atoms with Crippen LogP contribution in [0.2, 0.25) is 0 Å². The molecule has 5 heteroatoms. The summed E-state index contributed by atoms with van der Waals surface area (Å²) in [6, 6.07) is 13.9. The van der Waals surface area contributed by atoms with Gasteiger partial charge in [-0.15, -0.1) is 5.06 Å². The SMILES string of the molecule is COc1ccccc1C#CCON1C(=O)c2ccccc2C1=O. The number of hydroxylamine groups is 2. The first kappa shape index (κ1) is 14.8. The fourth-order valence-corrected chi connectivity index (χ4v) is 2.26.